The van der Waals surface area contributed by atoms with E-state index in [1.807, 2.05) is 0 Å². The summed E-state index contributed by atoms with van der Waals surface area (Å²) in [5, 5.41) is 0.667. The summed E-state index contributed by atoms with van der Waals surface area (Å²) in [4.78, 5) is 26.3. The molecule has 27 heavy (non-hydrogen) atoms. The SMILES string of the molecule is COc1cc2ncnc(Oc3ccc(CCP(=O)(O)O)cc3)c2cc1OC. The van der Waals surface area contributed by atoms with Crippen LogP contribution in [0.3, 0.4) is 0 Å². The van der Waals surface area contributed by atoms with Crippen molar-refractivity contribution in [1.82, 2.24) is 9.97 Å². The van der Waals surface area contributed by atoms with Gasteiger partial charge in [-0.2, -0.15) is 0 Å². The van der Waals surface area contributed by atoms with Gasteiger partial charge in [-0.3, -0.25) is 4.57 Å². The second kappa shape index (κ2) is 7.92. The zero-order chi connectivity index (χ0) is 19.4. The van der Waals surface area contributed by atoms with E-state index < -0.39 is 7.60 Å². The summed E-state index contributed by atoms with van der Waals surface area (Å²) in [7, 11) is -0.912. The maximum Gasteiger partial charge on any atom is 0.325 e. The topological polar surface area (TPSA) is 111 Å². The summed E-state index contributed by atoms with van der Waals surface area (Å²) in [6, 6.07) is 10.5. The van der Waals surface area contributed by atoms with E-state index in [0.29, 0.717) is 34.0 Å². The van der Waals surface area contributed by atoms with Crippen molar-refractivity contribution < 1.29 is 28.6 Å². The third-order valence-corrected chi connectivity index (χ3v) is 4.74. The summed E-state index contributed by atoms with van der Waals surface area (Å²) in [6.07, 6.45) is 1.50. The van der Waals surface area contributed by atoms with Crippen LogP contribution in [0, 0.1) is 0 Å². The Labute approximate surface area is 155 Å². The average molecular weight is 390 g/mol. The van der Waals surface area contributed by atoms with E-state index in [4.69, 9.17) is 24.0 Å². The molecule has 0 amide bonds. The molecule has 9 heteroatoms. The first-order chi connectivity index (χ1) is 12.9. The fourth-order valence-corrected chi connectivity index (χ4v) is 3.10. The lowest BCUT2D eigenvalue weighted by atomic mass is 10.2. The van der Waals surface area contributed by atoms with E-state index in [0.717, 1.165) is 5.56 Å². The van der Waals surface area contributed by atoms with Crippen molar-refractivity contribution in [3.8, 4) is 23.1 Å². The molecule has 0 spiro atoms. The van der Waals surface area contributed by atoms with E-state index in [9.17, 15) is 4.57 Å². The molecule has 0 aliphatic heterocycles. The molecular formula is C18H19N2O6P. The van der Waals surface area contributed by atoms with Crippen LogP contribution in [0.25, 0.3) is 10.9 Å². The summed E-state index contributed by atoms with van der Waals surface area (Å²) < 4.78 is 27.4. The van der Waals surface area contributed by atoms with Crippen LogP contribution in [0.5, 0.6) is 23.1 Å². The van der Waals surface area contributed by atoms with Crippen LogP contribution in [0.15, 0.2) is 42.7 Å². The molecule has 0 unspecified atom stereocenters. The fourth-order valence-electron chi connectivity index (χ4n) is 2.55. The summed E-state index contributed by atoms with van der Waals surface area (Å²) in [5.41, 5.74) is 1.46. The minimum atomic E-state index is -4.01. The van der Waals surface area contributed by atoms with Crippen molar-refractivity contribution in [1.29, 1.82) is 0 Å². The molecule has 0 bridgehead atoms. The van der Waals surface area contributed by atoms with Crippen LogP contribution < -0.4 is 14.2 Å². The molecule has 2 N–H and O–H groups in total. The van der Waals surface area contributed by atoms with Gasteiger partial charge in [0.25, 0.3) is 0 Å². The van der Waals surface area contributed by atoms with Crippen molar-refractivity contribution in [3.05, 3.63) is 48.3 Å². The quantitative estimate of drug-likeness (QED) is 0.592. The minimum absolute atomic E-state index is 0.189. The molecular weight excluding hydrogens is 371 g/mol. The first kappa shape index (κ1) is 19.1. The number of fused-ring (bicyclic) bond motifs is 1. The predicted molar refractivity (Wildman–Crippen MR) is 99.8 cm³/mol. The summed E-state index contributed by atoms with van der Waals surface area (Å²) >= 11 is 0. The number of nitrogens with zero attached hydrogens (tertiary/aromatic N) is 2. The van der Waals surface area contributed by atoms with Crippen LogP contribution >= 0.6 is 7.60 Å². The molecule has 0 aliphatic rings. The lowest BCUT2D eigenvalue weighted by Gasteiger charge is -2.11. The molecule has 2 aromatic carbocycles. The van der Waals surface area contributed by atoms with Crippen molar-refractivity contribution in [3.63, 3.8) is 0 Å². The van der Waals surface area contributed by atoms with Gasteiger partial charge in [-0.05, 0) is 30.2 Å². The second-order valence-corrected chi connectivity index (χ2v) is 7.56. The minimum Gasteiger partial charge on any atom is -0.493 e. The van der Waals surface area contributed by atoms with Crippen molar-refractivity contribution >= 4 is 18.5 Å². The number of ether oxygens (including phenoxy) is 3. The Hall–Kier alpha value is -2.67. The standard InChI is InChI=1S/C18H19N2O6P/c1-24-16-9-14-15(10-17(16)25-2)19-11-20-18(14)26-13-5-3-12(4-6-13)7-8-27(21,22)23/h3-6,9-11H,7-8H2,1-2H3,(H2,21,22,23). The monoisotopic (exact) mass is 390 g/mol. The van der Waals surface area contributed by atoms with E-state index >= 15 is 0 Å². The van der Waals surface area contributed by atoms with Crippen LogP contribution in [-0.2, 0) is 11.0 Å². The summed E-state index contributed by atoms with van der Waals surface area (Å²) in [6.45, 7) is 0. The molecule has 3 rings (SSSR count). The largest absolute Gasteiger partial charge is 0.493 e. The highest BCUT2D eigenvalue weighted by Gasteiger charge is 2.14. The molecule has 0 atom stereocenters. The molecule has 0 saturated carbocycles. The third-order valence-electron chi connectivity index (χ3n) is 3.93. The molecule has 1 aromatic heterocycles. The Bertz CT molecular complexity index is 987. The molecule has 8 nitrogen and oxygen atoms in total. The Kier molecular flexibility index (Phi) is 5.60. The van der Waals surface area contributed by atoms with Crippen molar-refractivity contribution in [2.75, 3.05) is 20.4 Å². The van der Waals surface area contributed by atoms with Crippen LogP contribution in [-0.4, -0.2) is 40.1 Å². The van der Waals surface area contributed by atoms with Gasteiger partial charge in [-0.25, -0.2) is 9.97 Å². The molecule has 0 radical (unpaired) electrons. The maximum absolute atomic E-state index is 11.0. The molecule has 1 heterocycles. The fraction of sp³-hybridized carbons (Fsp3) is 0.222. The highest BCUT2D eigenvalue weighted by Crippen LogP contribution is 2.36. The lowest BCUT2D eigenvalue weighted by Crippen LogP contribution is -1.96. The number of hydrogen-bond acceptors (Lipinski definition) is 6. The predicted octanol–water partition coefficient (Wildman–Crippen LogP) is 3.16. The van der Waals surface area contributed by atoms with Gasteiger partial charge in [-0.15, -0.1) is 0 Å². The van der Waals surface area contributed by atoms with Crippen LogP contribution in [0.4, 0.5) is 0 Å². The van der Waals surface area contributed by atoms with Crippen LogP contribution in [0.1, 0.15) is 5.56 Å². The first-order valence-electron chi connectivity index (χ1n) is 8.08. The highest BCUT2D eigenvalue weighted by atomic mass is 31.2. The molecule has 0 aliphatic carbocycles. The number of benzene rings is 2. The Morgan fingerprint density at radius 3 is 2.30 bits per heavy atom. The summed E-state index contributed by atoms with van der Waals surface area (Å²) in [5.74, 6) is 2.01. The van der Waals surface area contributed by atoms with E-state index in [1.54, 1.807) is 50.6 Å². The zero-order valence-corrected chi connectivity index (χ0v) is 15.7. The van der Waals surface area contributed by atoms with E-state index in [-0.39, 0.29) is 12.6 Å². The Morgan fingerprint density at radius 1 is 1.00 bits per heavy atom. The molecule has 0 fully saturated rings. The van der Waals surface area contributed by atoms with Gasteiger partial charge >= 0.3 is 7.60 Å². The first-order valence-corrected chi connectivity index (χ1v) is 9.87. The number of hydrogen-bond donors (Lipinski definition) is 2. The highest BCUT2D eigenvalue weighted by molar-refractivity contribution is 7.51. The normalized spacial score (nSPS) is 11.4. The molecule has 142 valence electrons. The van der Waals surface area contributed by atoms with Gasteiger partial charge in [0.2, 0.25) is 5.88 Å². The zero-order valence-electron chi connectivity index (χ0n) is 14.8. The molecule has 0 saturated heterocycles. The Morgan fingerprint density at radius 2 is 1.67 bits per heavy atom. The number of aromatic nitrogens is 2. The van der Waals surface area contributed by atoms with E-state index in [2.05, 4.69) is 9.97 Å². The Balaban J connectivity index is 1.85. The average Bonchev–Trinajstić information content (AvgIpc) is 2.66. The van der Waals surface area contributed by atoms with Crippen molar-refractivity contribution in [2.24, 2.45) is 0 Å². The van der Waals surface area contributed by atoms with Gasteiger partial charge in [0.05, 0.1) is 31.3 Å². The van der Waals surface area contributed by atoms with Gasteiger partial charge in [-0.1, -0.05) is 12.1 Å². The van der Waals surface area contributed by atoms with Gasteiger partial charge in [0.15, 0.2) is 11.5 Å². The second-order valence-electron chi connectivity index (χ2n) is 5.79. The van der Waals surface area contributed by atoms with E-state index in [1.165, 1.54) is 6.33 Å². The molecule has 3 aromatic rings. The van der Waals surface area contributed by atoms with Crippen molar-refractivity contribution in [2.45, 2.75) is 6.42 Å². The smallest absolute Gasteiger partial charge is 0.325 e. The van der Waals surface area contributed by atoms with Gasteiger partial charge in [0.1, 0.15) is 12.1 Å². The van der Waals surface area contributed by atoms with Gasteiger partial charge < -0.3 is 24.0 Å². The van der Waals surface area contributed by atoms with Crippen LogP contribution in [0.2, 0.25) is 0 Å². The van der Waals surface area contributed by atoms with Gasteiger partial charge in [0, 0.05) is 6.07 Å². The number of aryl methyl sites for hydroxylation is 1. The number of methoxy groups -OCH3 is 2. The lowest BCUT2D eigenvalue weighted by molar-refractivity contribution is 0.355. The third kappa shape index (κ3) is 4.74. The number of rotatable bonds is 7. The maximum atomic E-state index is 11.0.